The lowest BCUT2D eigenvalue weighted by atomic mass is 10.1. The molecule has 4 heteroatoms. The van der Waals surface area contributed by atoms with Gasteiger partial charge in [-0.15, -0.1) is 22.7 Å². The van der Waals surface area contributed by atoms with Crippen LogP contribution < -0.4 is 5.32 Å². The van der Waals surface area contributed by atoms with Crippen LogP contribution in [0.25, 0.3) is 0 Å². The van der Waals surface area contributed by atoms with Crippen molar-refractivity contribution < 1.29 is 0 Å². The van der Waals surface area contributed by atoms with Gasteiger partial charge in [0.25, 0.3) is 0 Å². The van der Waals surface area contributed by atoms with E-state index in [1.165, 1.54) is 46.1 Å². The third kappa shape index (κ3) is 3.38. The maximum Gasteiger partial charge on any atom is 0.0950 e. The minimum Gasteiger partial charge on any atom is -0.309 e. The van der Waals surface area contributed by atoms with Crippen molar-refractivity contribution in [2.45, 2.75) is 58.9 Å². The lowest BCUT2D eigenvalue weighted by Crippen LogP contribution is -2.23. The van der Waals surface area contributed by atoms with Gasteiger partial charge in [-0.3, -0.25) is 0 Å². The molecule has 0 saturated heterocycles. The molecule has 0 spiro atoms. The van der Waals surface area contributed by atoms with Crippen molar-refractivity contribution >= 4 is 22.7 Å². The van der Waals surface area contributed by atoms with Crippen LogP contribution in [0.15, 0.2) is 6.07 Å². The van der Waals surface area contributed by atoms with E-state index in [2.05, 4.69) is 32.2 Å². The van der Waals surface area contributed by atoms with Gasteiger partial charge in [-0.05, 0) is 57.7 Å². The number of aryl methyl sites for hydroxylation is 4. The standard InChI is InChI=1S/C17H24N2S2/c1-4-8-18-14(10-17-19-11(2)12(3)20-17)16-9-13-6-5-7-15(13)21-16/h9,14,18H,4-8,10H2,1-3H3. The summed E-state index contributed by atoms with van der Waals surface area (Å²) in [6.07, 6.45) is 6.12. The Morgan fingerprint density at radius 3 is 2.81 bits per heavy atom. The zero-order chi connectivity index (χ0) is 14.8. The Balaban J connectivity index is 1.79. The molecule has 0 fully saturated rings. The number of hydrogen-bond acceptors (Lipinski definition) is 4. The molecule has 2 aromatic heterocycles. The summed E-state index contributed by atoms with van der Waals surface area (Å²) < 4.78 is 0. The van der Waals surface area contributed by atoms with Crippen molar-refractivity contribution in [3.05, 3.63) is 37.0 Å². The quantitative estimate of drug-likeness (QED) is 0.842. The molecule has 0 bridgehead atoms. The monoisotopic (exact) mass is 320 g/mol. The van der Waals surface area contributed by atoms with Crippen LogP contribution in [0.4, 0.5) is 0 Å². The van der Waals surface area contributed by atoms with Gasteiger partial charge >= 0.3 is 0 Å². The summed E-state index contributed by atoms with van der Waals surface area (Å²) in [5.74, 6) is 0. The van der Waals surface area contributed by atoms with Crippen LogP contribution in [0.2, 0.25) is 0 Å². The normalized spacial score (nSPS) is 15.4. The maximum atomic E-state index is 4.73. The van der Waals surface area contributed by atoms with Crippen molar-refractivity contribution in [2.24, 2.45) is 0 Å². The molecule has 0 amide bonds. The van der Waals surface area contributed by atoms with Gasteiger partial charge in [-0.2, -0.15) is 0 Å². The van der Waals surface area contributed by atoms with Crippen LogP contribution in [-0.2, 0) is 19.3 Å². The molecule has 0 aromatic carbocycles. The average molecular weight is 321 g/mol. The Bertz CT molecular complexity index is 571. The molecule has 1 atom stereocenters. The van der Waals surface area contributed by atoms with Crippen molar-refractivity contribution in [3.8, 4) is 0 Å². The number of fused-ring (bicyclic) bond motifs is 1. The highest BCUT2D eigenvalue weighted by Crippen LogP contribution is 2.35. The largest absolute Gasteiger partial charge is 0.309 e. The topological polar surface area (TPSA) is 24.9 Å². The second-order valence-electron chi connectivity index (χ2n) is 5.91. The second kappa shape index (κ2) is 6.59. The molecule has 0 aliphatic heterocycles. The first-order chi connectivity index (χ1) is 10.2. The molecule has 0 radical (unpaired) electrons. The number of hydrogen-bond donors (Lipinski definition) is 1. The molecule has 114 valence electrons. The highest BCUT2D eigenvalue weighted by atomic mass is 32.1. The van der Waals surface area contributed by atoms with Gasteiger partial charge < -0.3 is 5.32 Å². The highest BCUT2D eigenvalue weighted by molar-refractivity contribution is 7.12. The number of nitrogens with zero attached hydrogens (tertiary/aromatic N) is 1. The summed E-state index contributed by atoms with van der Waals surface area (Å²) in [4.78, 5) is 9.22. The highest BCUT2D eigenvalue weighted by Gasteiger charge is 2.21. The van der Waals surface area contributed by atoms with Gasteiger partial charge in [0.2, 0.25) is 0 Å². The van der Waals surface area contributed by atoms with E-state index in [0.29, 0.717) is 6.04 Å². The van der Waals surface area contributed by atoms with Crippen molar-refractivity contribution in [1.29, 1.82) is 0 Å². The second-order valence-corrected chi connectivity index (χ2v) is 8.37. The fourth-order valence-electron chi connectivity index (χ4n) is 2.92. The molecule has 1 N–H and O–H groups in total. The zero-order valence-corrected chi connectivity index (χ0v) is 14.8. The number of thiophene rings is 1. The molecule has 0 saturated carbocycles. The molecule has 2 nitrogen and oxygen atoms in total. The summed E-state index contributed by atoms with van der Waals surface area (Å²) in [6, 6.07) is 2.89. The van der Waals surface area contributed by atoms with E-state index in [-0.39, 0.29) is 0 Å². The van der Waals surface area contributed by atoms with Crippen molar-refractivity contribution in [1.82, 2.24) is 10.3 Å². The Morgan fingerprint density at radius 2 is 2.14 bits per heavy atom. The molecule has 1 aliphatic rings. The van der Waals surface area contributed by atoms with E-state index in [1.807, 2.05) is 22.7 Å². The minimum absolute atomic E-state index is 0.436. The van der Waals surface area contributed by atoms with E-state index in [4.69, 9.17) is 4.98 Å². The summed E-state index contributed by atoms with van der Waals surface area (Å²) in [5.41, 5.74) is 2.79. The average Bonchev–Trinajstić information content (AvgIpc) is 3.10. The van der Waals surface area contributed by atoms with E-state index < -0.39 is 0 Å². The number of rotatable bonds is 6. The Morgan fingerprint density at radius 1 is 1.29 bits per heavy atom. The van der Waals surface area contributed by atoms with Crippen LogP contribution in [-0.4, -0.2) is 11.5 Å². The summed E-state index contributed by atoms with van der Waals surface area (Å²) in [5, 5.41) is 5.00. The van der Waals surface area contributed by atoms with Crippen LogP contribution in [0.3, 0.4) is 0 Å². The Hall–Kier alpha value is -0.710. The lowest BCUT2D eigenvalue weighted by Gasteiger charge is -2.16. The predicted octanol–water partition coefficient (Wildman–Crippen LogP) is 4.59. The van der Waals surface area contributed by atoms with Gasteiger partial charge in [0.1, 0.15) is 0 Å². The first-order valence-electron chi connectivity index (χ1n) is 7.95. The molecular formula is C17H24N2S2. The van der Waals surface area contributed by atoms with E-state index >= 15 is 0 Å². The van der Waals surface area contributed by atoms with Crippen LogP contribution in [0.5, 0.6) is 0 Å². The molecular weight excluding hydrogens is 296 g/mol. The maximum absolute atomic E-state index is 4.73. The van der Waals surface area contributed by atoms with E-state index in [1.54, 1.807) is 10.4 Å². The predicted molar refractivity (Wildman–Crippen MR) is 92.7 cm³/mol. The number of nitrogens with one attached hydrogen (secondary N) is 1. The SMILES string of the molecule is CCCNC(Cc1nc(C)c(C)s1)c1cc2c(s1)CCC2. The zero-order valence-electron chi connectivity index (χ0n) is 13.2. The number of aromatic nitrogens is 1. The first-order valence-corrected chi connectivity index (χ1v) is 9.58. The first kappa shape index (κ1) is 15.2. The van der Waals surface area contributed by atoms with Gasteiger partial charge in [0, 0.05) is 27.1 Å². The third-order valence-corrected chi connectivity index (χ3v) is 6.65. The molecule has 1 aliphatic carbocycles. The smallest absolute Gasteiger partial charge is 0.0950 e. The van der Waals surface area contributed by atoms with Crippen LogP contribution in [0.1, 0.15) is 56.7 Å². The van der Waals surface area contributed by atoms with Crippen molar-refractivity contribution in [2.75, 3.05) is 6.54 Å². The van der Waals surface area contributed by atoms with Crippen LogP contribution >= 0.6 is 22.7 Å². The molecule has 3 rings (SSSR count). The molecule has 21 heavy (non-hydrogen) atoms. The lowest BCUT2D eigenvalue weighted by molar-refractivity contribution is 0.535. The Labute approximate surface area is 135 Å². The minimum atomic E-state index is 0.436. The van der Waals surface area contributed by atoms with E-state index in [0.717, 1.165) is 13.0 Å². The van der Waals surface area contributed by atoms with Gasteiger partial charge in [0.05, 0.1) is 10.7 Å². The van der Waals surface area contributed by atoms with E-state index in [9.17, 15) is 0 Å². The molecule has 2 aromatic rings. The fourth-order valence-corrected chi connectivity index (χ4v) is 5.23. The summed E-state index contributed by atoms with van der Waals surface area (Å²) in [7, 11) is 0. The van der Waals surface area contributed by atoms with Gasteiger partial charge in [-0.1, -0.05) is 6.92 Å². The van der Waals surface area contributed by atoms with Gasteiger partial charge in [0.15, 0.2) is 0 Å². The molecule has 2 heterocycles. The van der Waals surface area contributed by atoms with Gasteiger partial charge in [-0.25, -0.2) is 4.98 Å². The molecule has 1 unspecified atom stereocenters. The van der Waals surface area contributed by atoms with Crippen LogP contribution in [0, 0.1) is 13.8 Å². The third-order valence-electron chi connectivity index (χ3n) is 4.20. The Kier molecular flexibility index (Phi) is 4.77. The fraction of sp³-hybridized carbons (Fsp3) is 0.588. The summed E-state index contributed by atoms with van der Waals surface area (Å²) in [6.45, 7) is 7.60. The summed E-state index contributed by atoms with van der Waals surface area (Å²) >= 11 is 3.88. The number of thiazole rings is 1. The van der Waals surface area contributed by atoms with Crippen molar-refractivity contribution in [3.63, 3.8) is 0 Å².